The summed E-state index contributed by atoms with van der Waals surface area (Å²) in [5, 5.41) is 24.7. The van der Waals surface area contributed by atoms with Crippen molar-refractivity contribution in [2.24, 2.45) is 0 Å². The van der Waals surface area contributed by atoms with E-state index in [1.54, 1.807) is 41.9 Å². The zero-order valence-corrected chi connectivity index (χ0v) is 17.5. The normalized spacial score (nSPS) is 11.6. The van der Waals surface area contributed by atoms with E-state index < -0.39 is 0 Å². The van der Waals surface area contributed by atoms with E-state index in [-0.39, 0.29) is 5.82 Å². The van der Waals surface area contributed by atoms with E-state index in [4.69, 9.17) is 5.41 Å². The third-order valence-electron chi connectivity index (χ3n) is 4.99. The molecule has 5 aromatic rings. The molecule has 0 aliphatic carbocycles. The third-order valence-corrected chi connectivity index (χ3v) is 4.99. The van der Waals surface area contributed by atoms with E-state index in [1.165, 1.54) is 12.3 Å². The Balaban J connectivity index is 1.50. The molecule has 0 unspecified atom stereocenters. The van der Waals surface area contributed by atoms with Gasteiger partial charge >= 0.3 is 0 Å². The first kappa shape index (κ1) is 20.1. The summed E-state index contributed by atoms with van der Waals surface area (Å²) in [5.74, 6) is 1.04. The van der Waals surface area contributed by atoms with Crippen LogP contribution < -0.4 is 16.0 Å². The molecule has 164 valence electrons. The molecule has 1 aromatic carbocycles. The Hall–Kier alpha value is -4.80. The lowest BCUT2D eigenvalue weighted by atomic mass is 10.2. The monoisotopic (exact) mass is 442 g/mol. The Labute approximate surface area is 187 Å². The van der Waals surface area contributed by atoms with Gasteiger partial charge in [0, 0.05) is 43.6 Å². The number of aromatic nitrogens is 6. The fourth-order valence-electron chi connectivity index (χ4n) is 3.41. The maximum Gasteiger partial charge on any atom is 0.233 e. The van der Waals surface area contributed by atoms with Crippen molar-refractivity contribution in [1.82, 2.24) is 34.3 Å². The largest absolute Gasteiger partial charge is 0.375 e. The quantitative estimate of drug-likeness (QED) is 0.285. The Bertz CT molecular complexity index is 1500. The Morgan fingerprint density at radius 3 is 2.85 bits per heavy atom. The fraction of sp³-hybridized carbons (Fsp3) is 0.0455. The van der Waals surface area contributed by atoms with Crippen molar-refractivity contribution in [2.45, 2.75) is 0 Å². The number of rotatable bonds is 7. The van der Waals surface area contributed by atoms with Gasteiger partial charge in [-0.3, -0.25) is 4.40 Å². The maximum atomic E-state index is 14.0. The second kappa shape index (κ2) is 8.38. The first-order chi connectivity index (χ1) is 16.2. The minimum atomic E-state index is -0.370. The highest BCUT2D eigenvalue weighted by molar-refractivity contribution is 5.79. The van der Waals surface area contributed by atoms with Crippen LogP contribution in [0.15, 0.2) is 73.1 Å². The molecule has 0 spiro atoms. The second-order valence-electron chi connectivity index (χ2n) is 7.03. The molecule has 33 heavy (non-hydrogen) atoms. The number of anilines is 3. The van der Waals surface area contributed by atoms with Crippen molar-refractivity contribution in [3.8, 4) is 11.3 Å². The van der Waals surface area contributed by atoms with Crippen molar-refractivity contribution >= 4 is 35.0 Å². The van der Waals surface area contributed by atoms with Crippen molar-refractivity contribution < 1.29 is 4.39 Å². The molecule has 4 N–H and O–H groups in total. The van der Waals surface area contributed by atoms with Crippen LogP contribution in [0.5, 0.6) is 0 Å². The molecule has 0 aliphatic heterocycles. The Kier molecular flexibility index (Phi) is 5.11. The molecule has 4 heterocycles. The number of benzene rings is 1. The van der Waals surface area contributed by atoms with Gasteiger partial charge in [0.1, 0.15) is 11.6 Å². The van der Waals surface area contributed by atoms with Gasteiger partial charge in [-0.1, -0.05) is 12.1 Å². The fourth-order valence-corrected chi connectivity index (χ4v) is 3.41. The van der Waals surface area contributed by atoms with E-state index in [0.29, 0.717) is 34.7 Å². The summed E-state index contributed by atoms with van der Waals surface area (Å²) in [6.45, 7) is 0. The topological polar surface area (TPSA) is 120 Å². The zero-order chi connectivity index (χ0) is 22.8. The van der Waals surface area contributed by atoms with Crippen molar-refractivity contribution in [1.29, 1.82) is 5.41 Å². The summed E-state index contributed by atoms with van der Waals surface area (Å²) in [6.07, 6.45) is 10.0. The van der Waals surface area contributed by atoms with Crippen LogP contribution in [-0.4, -0.2) is 42.2 Å². The number of halogens is 1. The SMILES string of the molecule is CN/C(=C\C=N)Nc1nccc(-c2cc3c4nnc(Nc5ccccc5F)n4ccn3c2)n1. The standard InChI is InChI=1S/C22H19FN10/c1-25-19(6-8-24)29-21-26-9-7-16(27-21)14-12-18-20-30-31-22(33(20)11-10-32(18)13-14)28-17-5-3-2-4-15(17)23/h2-13,24-25H,1H3,(H,28,31)(H,26,27,29)/b19-6+,24-8?. The summed E-state index contributed by atoms with van der Waals surface area (Å²) in [4.78, 5) is 8.81. The van der Waals surface area contributed by atoms with Gasteiger partial charge in [-0.2, -0.15) is 0 Å². The summed E-state index contributed by atoms with van der Waals surface area (Å²) >= 11 is 0. The van der Waals surface area contributed by atoms with Crippen LogP contribution >= 0.6 is 0 Å². The number of hydrogen-bond acceptors (Lipinski definition) is 8. The first-order valence-corrected chi connectivity index (χ1v) is 10.0. The van der Waals surface area contributed by atoms with Crippen LogP contribution in [-0.2, 0) is 0 Å². The minimum absolute atomic E-state index is 0.321. The van der Waals surface area contributed by atoms with Crippen LogP contribution in [0.2, 0.25) is 0 Å². The molecule has 0 saturated carbocycles. The average Bonchev–Trinajstić information content (AvgIpc) is 3.45. The van der Waals surface area contributed by atoms with Gasteiger partial charge in [0.2, 0.25) is 11.9 Å². The Morgan fingerprint density at radius 2 is 2.03 bits per heavy atom. The Morgan fingerprint density at radius 1 is 1.15 bits per heavy atom. The number of nitrogens with one attached hydrogen (secondary N) is 4. The van der Waals surface area contributed by atoms with Crippen LogP contribution in [0, 0.1) is 11.2 Å². The minimum Gasteiger partial charge on any atom is -0.375 e. The lowest BCUT2D eigenvalue weighted by molar-refractivity contribution is 0.631. The van der Waals surface area contributed by atoms with Crippen molar-refractivity contribution in [2.75, 3.05) is 17.7 Å². The molecule has 0 radical (unpaired) electrons. The highest BCUT2D eigenvalue weighted by atomic mass is 19.1. The molecule has 11 heteroatoms. The number of hydrogen-bond donors (Lipinski definition) is 4. The highest BCUT2D eigenvalue weighted by Gasteiger charge is 2.13. The number of nitrogens with zero attached hydrogens (tertiary/aromatic N) is 6. The van der Waals surface area contributed by atoms with Crippen molar-refractivity contribution in [3.05, 3.63) is 78.9 Å². The van der Waals surface area contributed by atoms with E-state index in [9.17, 15) is 4.39 Å². The number of fused-ring (bicyclic) bond motifs is 3. The number of para-hydroxylation sites is 1. The van der Waals surface area contributed by atoms with Gasteiger partial charge in [-0.05, 0) is 30.3 Å². The molecular weight excluding hydrogens is 423 g/mol. The summed E-state index contributed by atoms with van der Waals surface area (Å²) in [7, 11) is 1.74. The lowest BCUT2D eigenvalue weighted by Gasteiger charge is -2.08. The van der Waals surface area contributed by atoms with E-state index in [2.05, 4.69) is 36.1 Å². The third kappa shape index (κ3) is 3.83. The predicted molar refractivity (Wildman–Crippen MR) is 124 cm³/mol. The zero-order valence-electron chi connectivity index (χ0n) is 17.5. The van der Waals surface area contributed by atoms with Crippen LogP contribution in [0.25, 0.3) is 22.4 Å². The summed E-state index contributed by atoms with van der Waals surface area (Å²) < 4.78 is 17.7. The molecule has 0 atom stereocenters. The van der Waals surface area contributed by atoms with Gasteiger partial charge in [0.05, 0.1) is 16.9 Å². The predicted octanol–water partition coefficient (Wildman–Crippen LogP) is 3.44. The number of allylic oxidation sites excluding steroid dienone is 1. The van der Waals surface area contributed by atoms with E-state index in [0.717, 1.165) is 11.1 Å². The van der Waals surface area contributed by atoms with Gasteiger partial charge in [-0.15, -0.1) is 10.2 Å². The van der Waals surface area contributed by atoms with Gasteiger partial charge in [0.15, 0.2) is 5.65 Å². The van der Waals surface area contributed by atoms with Gasteiger partial charge in [0.25, 0.3) is 0 Å². The van der Waals surface area contributed by atoms with Crippen LogP contribution in [0.4, 0.5) is 22.0 Å². The molecule has 0 saturated heterocycles. The van der Waals surface area contributed by atoms with E-state index >= 15 is 0 Å². The van der Waals surface area contributed by atoms with Gasteiger partial charge < -0.3 is 25.8 Å². The molecule has 5 rings (SSSR count). The highest BCUT2D eigenvalue weighted by Crippen LogP contribution is 2.26. The molecule has 10 nitrogen and oxygen atoms in total. The molecule has 0 amide bonds. The van der Waals surface area contributed by atoms with Crippen molar-refractivity contribution in [3.63, 3.8) is 0 Å². The van der Waals surface area contributed by atoms with Gasteiger partial charge in [-0.25, -0.2) is 14.4 Å². The van der Waals surface area contributed by atoms with E-state index in [1.807, 2.05) is 35.1 Å². The summed E-state index contributed by atoms with van der Waals surface area (Å²) in [6, 6.07) is 10.2. The lowest BCUT2D eigenvalue weighted by Crippen LogP contribution is -2.16. The maximum absolute atomic E-state index is 14.0. The molecule has 0 fully saturated rings. The first-order valence-electron chi connectivity index (χ1n) is 10.0. The summed E-state index contributed by atoms with van der Waals surface area (Å²) in [5.41, 5.74) is 3.32. The van der Waals surface area contributed by atoms with Crippen LogP contribution in [0.1, 0.15) is 0 Å². The smallest absolute Gasteiger partial charge is 0.233 e. The second-order valence-corrected chi connectivity index (χ2v) is 7.03. The molecule has 4 aromatic heterocycles. The average molecular weight is 442 g/mol. The molecule has 0 aliphatic rings. The molecule has 0 bridgehead atoms. The molecular formula is C22H19FN10. The van der Waals surface area contributed by atoms with Crippen LogP contribution in [0.3, 0.4) is 0 Å².